The van der Waals surface area contributed by atoms with Gasteiger partial charge in [0.05, 0.1) is 10.3 Å². The Kier molecular flexibility index (Phi) is 6.96. The Balaban J connectivity index is 2.04. The molecule has 1 aliphatic heterocycles. The summed E-state index contributed by atoms with van der Waals surface area (Å²) in [5.74, 6) is -1.40. The smallest absolute Gasteiger partial charge is 0.311 e. The van der Waals surface area contributed by atoms with Gasteiger partial charge in [-0.05, 0) is 50.5 Å². The van der Waals surface area contributed by atoms with Gasteiger partial charge in [-0.25, -0.2) is 13.1 Å². The highest BCUT2D eigenvalue weighted by molar-refractivity contribution is 7.89. The maximum atomic E-state index is 12.3. The van der Waals surface area contributed by atoms with Crippen molar-refractivity contribution in [1.82, 2.24) is 10.0 Å². The number of carbonyl (C=O) groups is 2. The van der Waals surface area contributed by atoms with Crippen LogP contribution in [-0.4, -0.2) is 51.2 Å². The van der Waals surface area contributed by atoms with Gasteiger partial charge in [-0.1, -0.05) is 6.92 Å². The molecule has 1 aromatic rings. The van der Waals surface area contributed by atoms with Crippen molar-refractivity contribution in [3.8, 4) is 0 Å². The lowest BCUT2D eigenvalue weighted by Gasteiger charge is -2.33. The van der Waals surface area contributed by atoms with Gasteiger partial charge >= 0.3 is 5.97 Å². The first-order chi connectivity index (χ1) is 12.7. The number of sulfonamides is 1. The largest absolute Gasteiger partial charge is 0.481 e. The minimum Gasteiger partial charge on any atom is -0.481 e. The fourth-order valence-electron chi connectivity index (χ4n) is 2.78. The Morgan fingerprint density at radius 2 is 1.81 bits per heavy atom. The zero-order valence-electron chi connectivity index (χ0n) is 15.5. The third kappa shape index (κ3) is 5.27. The van der Waals surface area contributed by atoms with Gasteiger partial charge in [-0.15, -0.1) is 0 Å². The number of hydrogen-bond donors (Lipinski definition) is 3. The molecule has 0 aromatic heterocycles. The molecule has 0 spiro atoms. The summed E-state index contributed by atoms with van der Waals surface area (Å²) in [5.41, 5.74) is -0.762. The third-order valence-corrected chi connectivity index (χ3v) is 6.49. The van der Waals surface area contributed by atoms with Gasteiger partial charge in [-0.2, -0.15) is 0 Å². The van der Waals surface area contributed by atoms with Crippen molar-refractivity contribution in [1.29, 1.82) is 0 Å². The van der Waals surface area contributed by atoms with Gasteiger partial charge in [-0.3, -0.25) is 9.59 Å². The molecular formula is C18H26N2O6S. The van der Waals surface area contributed by atoms with Crippen molar-refractivity contribution in [3.05, 3.63) is 29.8 Å². The van der Waals surface area contributed by atoms with Crippen molar-refractivity contribution in [2.45, 2.75) is 44.0 Å². The molecule has 1 aliphatic rings. The summed E-state index contributed by atoms with van der Waals surface area (Å²) in [7, 11) is -3.64. The van der Waals surface area contributed by atoms with E-state index in [1.54, 1.807) is 6.92 Å². The molecule has 1 saturated heterocycles. The number of ether oxygens (including phenoxy) is 1. The molecule has 0 saturated carbocycles. The Bertz CT molecular complexity index is 770. The minimum atomic E-state index is -3.64. The summed E-state index contributed by atoms with van der Waals surface area (Å²) in [6.07, 6.45) is 1.33. The van der Waals surface area contributed by atoms with E-state index >= 15 is 0 Å². The highest BCUT2D eigenvalue weighted by atomic mass is 32.2. The van der Waals surface area contributed by atoms with E-state index in [1.165, 1.54) is 24.3 Å². The molecule has 2 rings (SSSR count). The molecule has 1 unspecified atom stereocenters. The summed E-state index contributed by atoms with van der Waals surface area (Å²) >= 11 is 0. The first-order valence-corrected chi connectivity index (χ1v) is 10.4. The molecule has 3 N–H and O–H groups in total. The second-order valence-electron chi connectivity index (χ2n) is 6.84. The summed E-state index contributed by atoms with van der Waals surface area (Å²) in [6, 6.07) is 5.36. The molecular weight excluding hydrogens is 372 g/mol. The second-order valence-corrected chi connectivity index (χ2v) is 8.55. The Labute approximate surface area is 159 Å². The number of amides is 1. The van der Waals surface area contributed by atoms with Crippen LogP contribution in [0.5, 0.6) is 0 Å². The van der Waals surface area contributed by atoms with Crippen molar-refractivity contribution < 1.29 is 27.9 Å². The summed E-state index contributed by atoms with van der Waals surface area (Å²) in [5, 5.41) is 12.2. The number of carbonyl (C=O) groups excluding carboxylic acids is 1. The SMILES string of the molecule is CCC(C)NS(=O)(=O)c1ccc(C(=O)NCC2(C(=O)O)CCOCC2)cc1. The summed E-state index contributed by atoms with van der Waals surface area (Å²) < 4.78 is 32.2. The summed E-state index contributed by atoms with van der Waals surface area (Å²) in [4.78, 5) is 24.0. The number of aliphatic carboxylic acids is 1. The average Bonchev–Trinajstić information content (AvgIpc) is 2.66. The monoisotopic (exact) mass is 398 g/mol. The zero-order chi connectivity index (χ0) is 20.1. The van der Waals surface area contributed by atoms with E-state index < -0.39 is 27.3 Å². The maximum Gasteiger partial charge on any atom is 0.311 e. The lowest BCUT2D eigenvalue weighted by molar-refractivity contribution is -0.154. The van der Waals surface area contributed by atoms with Gasteiger partial charge in [0.1, 0.15) is 0 Å². The molecule has 27 heavy (non-hydrogen) atoms. The molecule has 0 radical (unpaired) electrons. The van der Waals surface area contributed by atoms with Crippen LogP contribution in [0.2, 0.25) is 0 Å². The Hall–Kier alpha value is -1.97. The van der Waals surface area contributed by atoms with E-state index in [4.69, 9.17) is 4.74 Å². The number of hydrogen-bond acceptors (Lipinski definition) is 5. The standard InChI is InChI=1S/C18H26N2O6S/c1-3-13(2)20-27(24,25)15-6-4-14(5-7-15)16(21)19-12-18(17(22)23)8-10-26-11-9-18/h4-7,13,20H,3,8-12H2,1-2H3,(H,19,21)(H,22,23). The number of benzene rings is 1. The highest BCUT2D eigenvalue weighted by Gasteiger charge is 2.40. The van der Waals surface area contributed by atoms with Crippen molar-refractivity contribution in [2.75, 3.05) is 19.8 Å². The van der Waals surface area contributed by atoms with Gasteiger partial charge in [0.2, 0.25) is 10.0 Å². The highest BCUT2D eigenvalue weighted by Crippen LogP contribution is 2.30. The van der Waals surface area contributed by atoms with E-state index in [-0.39, 0.29) is 23.0 Å². The predicted molar refractivity (Wildman–Crippen MR) is 99.0 cm³/mol. The van der Waals surface area contributed by atoms with Crippen LogP contribution in [0.4, 0.5) is 0 Å². The van der Waals surface area contributed by atoms with Gasteiger partial charge in [0.15, 0.2) is 0 Å². The lowest BCUT2D eigenvalue weighted by Crippen LogP contribution is -2.46. The molecule has 1 amide bonds. The topological polar surface area (TPSA) is 122 Å². The van der Waals surface area contributed by atoms with Crippen LogP contribution in [0.3, 0.4) is 0 Å². The fraction of sp³-hybridized carbons (Fsp3) is 0.556. The molecule has 1 heterocycles. The molecule has 9 heteroatoms. The van der Waals surface area contributed by atoms with Crippen LogP contribution in [0, 0.1) is 5.41 Å². The van der Waals surface area contributed by atoms with E-state index in [0.717, 1.165) is 0 Å². The van der Waals surface area contributed by atoms with E-state index in [0.29, 0.717) is 32.5 Å². The normalized spacial score (nSPS) is 17.9. The molecule has 1 aromatic carbocycles. The maximum absolute atomic E-state index is 12.3. The number of rotatable bonds is 8. The number of carboxylic acid groups (broad SMARTS) is 1. The molecule has 1 atom stereocenters. The molecule has 1 fully saturated rings. The number of carboxylic acids is 1. The van der Waals surface area contributed by atoms with Gasteiger partial charge in [0, 0.05) is 31.4 Å². The van der Waals surface area contributed by atoms with Crippen LogP contribution in [0.1, 0.15) is 43.5 Å². The molecule has 8 nitrogen and oxygen atoms in total. The Morgan fingerprint density at radius 1 is 1.22 bits per heavy atom. The second kappa shape index (κ2) is 8.81. The average molecular weight is 398 g/mol. The lowest BCUT2D eigenvalue weighted by atomic mass is 9.80. The van der Waals surface area contributed by atoms with Crippen LogP contribution < -0.4 is 10.0 Å². The van der Waals surface area contributed by atoms with E-state index in [2.05, 4.69) is 10.0 Å². The summed E-state index contributed by atoms with van der Waals surface area (Å²) in [6.45, 7) is 4.34. The first kappa shape index (κ1) is 21.3. The van der Waals surface area contributed by atoms with Crippen molar-refractivity contribution in [2.24, 2.45) is 5.41 Å². The van der Waals surface area contributed by atoms with Crippen LogP contribution >= 0.6 is 0 Å². The molecule has 0 bridgehead atoms. The Morgan fingerprint density at radius 3 is 2.33 bits per heavy atom. The van der Waals surface area contributed by atoms with Crippen LogP contribution in [0.25, 0.3) is 0 Å². The predicted octanol–water partition coefficient (Wildman–Crippen LogP) is 1.37. The van der Waals surface area contributed by atoms with E-state index in [1.807, 2.05) is 6.92 Å². The van der Waals surface area contributed by atoms with Crippen molar-refractivity contribution >= 4 is 21.9 Å². The molecule has 0 aliphatic carbocycles. The quantitative estimate of drug-likeness (QED) is 0.608. The van der Waals surface area contributed by atoms with Crippen molar-refractivity contribution in [3.63, 3.8) is 0 Å². The minimum absolute atomic E-state index is 0.000146. The first-order valence-electron chi connectivity index (χ1n) is 8.92. The van der Waals surface area contributed by atoms with Crippen LogP contribution in [-0.2, 0) is 19.6 Å². The van der Waals surface area contributed by atoms with Gasteiger partial charge < -0.3 is 15.2 Å². The van der Waals surface area contributed by atoms with Crippen LogP contribution in [0.15, 0.2) is 29.2 Å². The fourth-order valence-corrected chi connectivity index (χ4v) is 4.11. The zero-order valence-corrected chi connectivity index (χ0v) is 16.3. The molecule has 150 valence electrons. The van der Waals surface area contributed by atoms with Gasteiger partial charge in [0.25, 0.3) is 5.91 Å². The third-order valence-electron chi connectivity index (χ3n) is 4.89. The number of nitrogens with one attached hydrogen (secondary N) is 2. The van der Waals surface area contributed by atoms with E-state index in [9.17, 15) is 23.1 Å².